The third-order valence-corrected chi connectivity index (χ3v) is 4.82. The van der Waals surface area contributed by atoms with E-state index in [1.165, 1.54) is 16.6 Å². The molecule has 0 aliphatic carbocycles. The summed E-state index contributed by atoms with van der Waals surface area (Å²) in [6, 6.07) is 8.95. The fraction of sp³-hybridized carbons (Fsp3) is 0.526. The summed E-state index contributed by atoms with van der Waals surface area (Å²) in [6.45, 7) is 12.6. The minimum atomic E-state index is 0.532. The molecule has 1 fully saturated rings. The van der Waals surface area contributed by atoms with E-state index in [4.69, 9.17) is 9.72 Å². The number of morpholine rings is 1. The molecule has 1 aromatic carbocycles. The molecule has 0 N–H and O–H groups in total. The van der Waals surface area contributed by atoms with Crippen molar-refractivity contribution in [3.63, 3.8) is 0 Å². The first-order valence-corrected chi connectivity index (χ1v) is 8.30. The van der Waals surface area contributed by atoms with E-state index in [2.05, 4.69) is 56.9 Å². The molecule has 3 rings (SSSR count). The number of ether oxygens (including phenoxy) is 1. The van der Waals surface area contributed by atoms with E-state index < -0.39 is 0 Å². The highest BCUT2D eigenvalue weighted by Crippen LogP contribution is 2.32. The third kappa shape index (κ3) is 2.95. The standard InChI is InChI=1S/C19H26N2O/c1-13(2)15(4)17-11-14(3)20-19-6-5-16(12-18(17)19)21-7-9-22-10-8-21/h5-6,11-13,15H,7-10H2,1-4H3/t15-/m0/s1. The van der Waals surface area contributed by atoms with Crippen LogP contribution in [0.15, 0.2) is 24.3 Å². The minimum Gasteiger partial charge on any atom is -0.378 e. The summed E-state index contributed by atoms with van der Waals surface area (Å²) in [5, 5.41) is 1.30. The molecule has 1 saturated heterocycles. The monoisotopic (exact) mass is 298 g/mol. The highest BCUT2D eigenvalue weighted by molar-refractivity contribution is 5.86. The largest absolute Gasteiger partial charge is 0.378 e. The fourth-order valence-corrected chi connectivity index (χ4v) is 3.13. The summed E-state index contributed by atoms with van der Waals surface area (Å²) in [7, 11) is 0. The van der Waals surface area contributed by atoms with E-state index in [1.54, 1.807) is 0 Å². The zero-order valence-corrected chi connectivity index (χ0v) is 14.1. The average molecular weight is 298 g/mol. The number of aryl methyl sites for hydroxylation is 1. The smallest absolute Gasteiger partial charge is 0.0709 e. The van der Waals surface area contributed by atoms with Gasteiger partial charge in [0.2, 0.25) is 0 Å². The molecule has 0 amide bonds. The molecular weight excluding hydrogens is 272 g/mol. The lowest BCUT2D eigenvalue weighted by Crippen LogP contribution is -2.36. The van der Waals surface area contributed by atoms with Crippen LogP contribution in [-0.4, -0.2) is 31.3 Å². The van der Waals surface area contributed by atoms with Crippen molar-refractivity contribution in [1.82, 2.24) is 4.98 Å². The SMILES string of the molecule is Cc1cc([C@@H](C)C(C)C)c2cc(N3CCOCC3)ccc2n1. The summed E-state index contributed by atoms with van der Waals surface area (Å²) >= 11 is 0. The van der Waals surface area contributed by atoms with Crippen molar-refractivity contribution < 1.29 is 4.74 Å². The topological polar surface area (TPSA) is 25.4 Å². The van der Waals surface area contributed by atoms with Gasteiger partial charge < -0.3 is 9.64 Å². The van der Waals surface area contributed by atoms with E-state index in [9.17, 15) is 0 Å². The van der Waals surface area contributed by atoms with E-state index >= 15 is 0 Å². The second kappa shape index (κ2) is 6.25. The molecule has 0 bridgehead atoms. The lowest BCUT2D eigenvalue weighted by molar-refractivity contribution is 0.122. The maximum atomic E-state index is 5.46. The lowest BCUT2D eigenvalue weighted by Gasteiger charge is -2.29. The zero-order valence-electron chi connectivity index (χ0n) is 14.1. The van der Waals surface area contributed by atoms with Gasteiger partial charge in [-0.3, -0.25) is 4.98 Å². The van der Waals surface area contributed by atoms with E-state index in [0.29, 0.717) is 11.8 Å². The summed E-state index contributed by atoms with van der Waals surface area (Å²) in [5.74, 6) is 1.15. The number of fused-ring (bicyclic) bond motifs is 1. The summed E-state index contributed by atoms with van der Waals surface area (Å²) in [6.07, 6.45) is 0. The van der Waals surface area contributed by atoms with Crippen molar-refractivity contribution >= 4 is 16.6 Å². The zero-order chi connectivity index (χ0) is 15.7. The van der Waals surface area contributed by atoms with Crippen LogP contribution in [0.3, 0.4) is 0 Å². The highest BCUT2D eigenvalue weighted by Gasteiger charge is 2.17. The van der Waals surface area contributed by atoms with Crippen LogP contribution in [0.5, 0.6) is 0 Å². The predicted molar refractivity (Wildman–Crippen MR) is 92.8 cm³/mol. The number of rotatable bonds is 3. The molecule has 3 heteroatoms. The number of aromatic nitrogens is 1. The van der Waals surface area contributed by atoms with Crippen molar-refractivity contribution in [1.29, 1.82) is 0 Å². The van der Waals surface area contributed by atoms with Gasteiger partial charge in [-0.1, -0.05) is 20.8 Å². The molecular formula is C19H26N2O. The number of pyridine rings is 1. The molecule has 0 spiro atoms. The second-order valence-corrected chi connectivity index (χ2v) is 6.69. The predicted octanol–water partition coefficient (Wildman–Crippen LogP) is 4.14. The van der Waals surface area contributed by atoms with Crippen LogP contribution in [0.1, 0.15) is 37.9 Å². The van der Waals surface area contributed by atoms with Gasteiger partial charge in [0.05, 0.1) is 18.7 Å². The van der Waals surface area contributed by atoms with E-state index in [1.807, 2.05) is 0 Å². The Balaban J connectivity index is 2.08. The van der Waals surface area contributed by atoms with Gasteiger partial charge in [-0.25, -0.2) is 0 Å². The Morgan fingerprint density at radius 1 is 1.09 bits per heavy atom. The highest BCUT2D eigenvalue weighted by atomic mass is 16.5. The Labute approximate surface area is 133 Å². The molecule has 3 nitrogen and oxygen atoms in total. The van der Waals surface area contributed by atoms with Gasteiger partial charge in [0.15, 0.2) is 0 Å². The van der Waals surface area contributed by atoms with Crippen molar-refractivity contribution in [2.45, 2.75) is 33.6 Å². The van der Waals surface area contributed by atoms with Crippen molar-refractivity contribution in [2.75, 3.05) is 31.2 Å². The van der Waals surface area contributed by atoms with Gasteiger partial charge in [-0.15, -0.1) is 0 Å². The normalized spacial score (nSPS) is 17.2. The first-order chi connectivity index (χ1) is 10.6. The van der Waals surface area contributed by atoms with Crippen molar-refractivity contribution in [3.8, 4) is 0 Å². The molecule has 0 radical (unpaired) electrons. The van der Waals surface area contributed by atoms with E-state index in [-0.39, 0.29) is 0 Å². The molecule has 2 aromatic rings. The van der Waals surface area contributed by atoms with Crippen LogP contribution >= 0.6 is 0 Å². The average Bonchev–Trinajstić information content (AvgIpc) is 2.53. The van der Waals surface area contributed by atoms with Crippen molar-refractivity contribution in [2.24, 2.45) is 5.92 Å². The number of nitrogens with zero attached hydrogens (tertiary/aromatic N) is 2. The van der Waals surface area contributed by atoms with Crippen LogP contribution in [0.4, 0.5) is 5.69 Å². The third-order valence-electron chi connectivity index (χ3n) is 4.82. The fourth-order valence-electron chi connectivity index (χ4n) is 3.13. The van der Waals surface area contributed by atoms with Gasteiger partial charge in [0, 0.05) is 29.9 Å². The van der Waals surface area contributed by atoms with Gasteiger partial charge in [0.1, 0.15) is 0 Å². The summed E-state index contributed by atoms with van der Waals surface area (Å²) in [4.78, 5) is 7.13. The van der Waals surface area contributed by atoms with Crippen molar-refractivity contribution in [3.05, 3.63) is 35.5 Å². The van der Waals surface area contributed by atoms with Gasteiger partial charge >= 0.3 is 0 Å². The molecule has 22 heavy (non-hydrogen) atoms. The summed E-state index contributed by atoms with van der Waals surface area (Å²) < 4.78 is 5.46. The maximum absolute atomic E-state index is 5.46. The van der Waals surface area contributed by atoms with Gasteiger partial charge in [-0.05, 0) is 48.6 Å². The first kappa shape index (κ1) is 15.3. The number of benzene rings is 1. The lowest BCUT2D eigenvalue weighted by atomic mass is 9.87. The van der Waals surface area contributed by atoms with Gasteiger partial charge in [0.25, 0.3) is 0 Å². The van der Waals surface area contributed by atoms with Crippen LogP contribution in [-0.2, 0) is 4.74 Å². The Morgan fingerprint density at radius 3 is 2.50 bits per heavy atom. The number of hydrogen-bond acceptors (Lipinski definition) is 3. The molecule has 1 aromatic heterocycles. The molecule has 2 heterocycles. The Morgan fingerprint density at radius 2 is 1.82 bits per heavy atom. The second-order valence-electron chi connectivity index (χ2n) is 6.69. The maximum Gasteiger partial charge on any atom is 0.0709 e. The molecule has 0 unspecified atom stereocenters. The van der Waals surface area contributed by atoms with Gasteiger partial charge in [-0.2, -0.15) is 0 Å². The Kier molecular flexibility index (Phi) is 4.34. The first-order valence-electron chi connectivity index (χ1n) is 8.30. The molecule has 1 aliphatic rings. The number of hydrogen-bond donors (Lipinski definition) is 0. The van der Waals surface area contributed by atoms with E-state index in [0.717, 1.165) is 37.5 Å². The quantitative estimate of drug-likeness (QED) is 0.851. The minimum absolute atomic E-state index is 0.532. The molecule has 1 atom stereocenters. The molecule has 1 aliphatic heterocycles. The van der Waals surface area contributed by atoms with Crippen LogP contribution < -0.4 is 4.90 Å². The van der Waals surface area contributed by atoms with Crippen LogP contribution in [0, 0.1) is 12.8 Å². The molecule has 118 valence electrons. The Hall–Kier alpha value is -1.61. The Bertz CT molecular complexity index is 660. The van der Waals surface area contributed by atoms with Crippen LogP contribution in [0.25, 0.3) is 10.9 Å². The molecule has 0 saturated carbocycles. The summed E-state index contributed by atoms with van der Waals surface area (Å²) in [5.41, 5.74) is 4.93. The number of anilines is 1. The van der Waals surface area contributed by atoms with Crippen LogP contribution in [0.2, 0.25) is 0 Å².